The highest BCUT2D eigenvalue weighted by Gasteiger charge is 2.25. The summed E-state index contributed by atoms with van der Waals surface area (Å²) in [6.45, 7) is -0.267. The lowest BCUT2D eigenvalue weighted by atomic mass is 9.95. The summed E-state index contributed by atoms with van der Waals surface area (Å²) in [4.78, 5) is 13.7. The number of furan rings is 1. The summed E-state index contributed by atoms with van der Waals surface area (Å²) < 4.78 is 5.34. The molecule has 3 aromatic rings. The molecule has 1 atom stereocenters. The molecule has 21 heavy (non-hydrogen) atoms. The first-order valence-electron chi connectivity index (χ1n) is 6.35. The standard InChI is InChI=1S/C15H11N3O3/c16-7-10-3-4-14-11(6-10)12(8-17-14)13(9-18(19)20)15-2-1-5-21-15/h1-6,8,13,17H,9H2. The number of nitrogens with one attached hydrogen (secondary N) is 1. The fourth-order valence-electron chi connectivity index (χ4n) is 2.48. The van der Waals surface area contributed by atoms with Crippen LogP contribution >= 0.6 is 0 Å². The van der Waals surface area contributed by atoms with Crippen LogP contribution in [0.4, 0.5) is 0 Å². The normalized spacial score (nSPS) is 12.1. The van der Waals surface area contributed by atoms with Gasteiger partial charge in [0.25, 0.3) is 0 Å². The molecule has 6 heteroatoms. The number of nitriles is 1. The molecule has 0 aliphatic heterocycles. The minimum absolute atomic E-state index is 0.267. The number of nitrogens with zero attached hydrogens (tertiary/aromatic N) is 2. The van der Waals surface area contributed by atoms with Crippen molar-refractivity contribution in [3.8, 4) is 6.07 Å². The highest BCUT2D eigenvalue weighted by Crippen LogP contribution is 2.31. The van der Waals surface area contributed by atoms with E-state index in [4.69, 9.17) is 9.68 Å². The van der Waals surface area contributed by atoms with Crippen LogP contribution in [0.1, 0.15) is 22.8 Å². The Hall–Kier alpha value is -3.07. The van der Waals surface area contributed by atoms with Gasteiger partial charge in [-0.05, 0) is 35.9 Å². The van der Waals surface area contributed by atoms with Crippen LogP contribution in [-0.4, -0.2) is 16.5 Å². The number of hydrogen-bond donors (Lipinski definition) is 1. The lowest BCUT2D eigenvalue weighted by Crippen LogP contribution is -2.13. The molecule has 104 valence electrons. The number of aromatic nitrogens is 1. The van der Waals surface area contributed by atoms with Gasteiger partial charge in [0.1, 0.15) is 11.7 Å². The smallest absolute Gasteiger partial charge is 0.217 e. The van der Waals surface area contributed by atoms with Crippen molar-refractivity contribution >= 4 is 10.9 Å². The molecule has 6 nitrogen and oxygen atoms in total. The van der Waals surface area contributed by atoms with E-state index in [2.05, 4.69) is 11.1 Å². The maximum atomic E-state index is 11.0. The Morgan fingerprint density at radius 2 is 2.29 bits per heavy atom. The van der Waals surface area contributed by atoms with Gasteiger partial charge in [-0.25, -0.2) is 0 Å². The highest BCUT2D eigenvalue weighted by molar-refractivity contribution is 5.85. The van der Waals surface area contributed by atoms with E-state index < -0.39 is 5.92 Å². The fraction of sp³-hybridized carbons (Fsp3) is 0.133. The van der Waals surface area contributed by atoms with Crippen molar-refractivity contribution in [3.05, 3.63) is 69.8 Å². The van der Waals surface area contributed by atoms with E-state index in [0.717, 1.165) is 16.5 Å². The van der Waals surface area contributed by atoms with Gasteiger partial charge >= 0.3 is 0 Å². The number of benzene rings is 1. The second kappa shape index (κ2) is 5.13. The first-order chi connectivity index (χ1) is 10.2. The SMILES string of the molecule is N#Cc1ccc2[nH]cc(C(C[N+](=O)[O-])c3ccco3)c2c1. The highest BCUT2D eigenvalue weighted by atomic mass is 16.6. The molecule has 0 radical (unpaired) electrons. The van der Waals surface area contributed by atoms with E-state index in [1.165, 1.54) is 6.26 Å². The average molecular weight is 281 g/mol. The van der Waals surface area contributed by atoms with Crippen LogP contribution in [0, 0.1) is 21.4 Å². The summed E-state index contributed by atoms with van der Waals surface area (Å²) in [6.07, 6.45) is 3.24. The number of H-pyrrole nitrogens is 1. The van der Waals surface area contributed by atoms with Gasteiger partial charge in [-0.1, -0.05) is 0 Å². The largest absolute Gasteiger partial charge is 0.468 e. The van der Waals surface area contributed by atoms with Crippen molar-refractivity contribution in [1.29, 1.82) is 5.26 Å². The number of rotatable bonds is 4. The van der Waals surface area contributed by atoms with Crippen LogP contribution in [-0.2, 0) is 0 Å². The Morgan fingerprint density at radius 3 is 2.95 bits per heavy atom. The minimum Gasteiger partial charge on any atom is -0.468 e. The molecule has 1 aromatic carbocycles. The molecule has 0 amide bonds. The molecule has 0 aliphatic carbocycles. The average Bonchev–Trinajstić information content (AvgIpc) is 3.13. The molecule has 0 bridgehead atoms. The summed E-state index contributed by atoms with van der Waals surface area (Å²) in [7, 11) is 0. The Bertz CT molecular complexity index is 828. The molecule has 0 fully saturated rings. The van der Waals surface area contributed by atoms with E-state index >= 15 is 0 Å². The molecular weight excluding hydrogens is 270 g/mol. The fourth-order valence-corrected chi connectivity index (χ4v) is 2.48. The van der Waals surface area contributed by atoms with Gasteiger partial charge in [-0.3, -0.25) is 10.1 Å². The van der Waals surface area contributed by atoms with Gasteiger partial charge in [0.15, 0.2) is 0 Å². The number of hydrogen-bond acceptors (Lipinski definition) is 4. The Morgan fingerprint density at radius 1 is 1.43 bits per heavy atom. The monoisotopic (exact) mass is 281 g/mol. The van der Waals surface area contributed by atoms with Gasteiger partial charge in [0, 0.05) is 22.0 Å². The Kier molecular flexibility index (Phi) is 3.16. The Labute approximate surface area is 119 Å². The van der Waals surface area contributed by atoms with Crippen molar-refractivity contribution < 1.29 is 9.34 Å². The summed E-state index contributed by atoms with van der Waals surface area (Å²) in [5.41, 5.74) is 2.11. The molecule has 1 unspecified atom stereocenters. The zero-order valence-electron chi connectivity index (χ0n) is 10.9. The lowest BCUT2D eigenvalue weighted by molar-refractivity contribution is -0.482. The zero-order chi connectivity index (χ0) is 14.8. The number of aromatic amines is 1. The number of fused-ring (bicyclic) bond motifs is 1. The first kappa shape index (κ1) is 12.9. The molecule has 0 saturated heterocycles. The third-order valence-corrected chi connectivity index (χ3v) is 3.44. The minimum atomic E-state index is -0.488. The van der Waals surface area contributed by atoms with Crippen LogP contribution < -0.4 is 0 Å². The Balaban J connectivity index is 2.15. The maximum Gasteiger partial charge on any atom is 0.217 e. The van der Waals surface area contributed by atoms with E-state index in [0.29, 0.717) is 11.3 Å². The second-order valence-corrected chi connectivity index (χ2v) is 4.70. The molecule has 1 N–H and O–H groups in total. The molecule has 2 aromatic heterocycles. The van der Waals surface area contributed by atoms with Gasteiger partial charge in [-0.2, -0.15) is 5.26 Å². The van der Waals surface area contributed by atoms with Crippen LogP contribution in [0.25, 0.3) is 10.9 Å². The van der Waals surface area contributed by atoms with Crippen molar-refractivity contribution in [2.24, 2.45) is 0 Å². The van der Waals surface area contributed by atoms with Gasteiger partial charge in [-0.15, -0.1) is 0 Å². The molecule has 2 heterocycles. The molecule has 0 spiro atoms. The third-order valence-electron chi connectivity index (χ3n) is 3.44. The summed E-state index contributed by atoms with van der Waals surface area (Å²) in [5.74, 6) is 0.0488. The molecule has 3 rings (SSSR count). The van der Waals surface area contributed by atoms with E-state index in [1.807, 2.05) is 0 Å². The summed E-state index contributed by atoms with van der Waals surface area (Å²) in [5, 5.41) is 20.8. The van der Waals surface area contributed by atoms with Crippen LogP contribution in [0.2, 0.25) is 0 Å². The first-order valence-corrected chi connectivity index (χ1v) is 6.35. The van der Waals surface area contributed by atoms with Crippen LogP contribution in [0.3, 0.4) is 0 Å². The van der Waals surface area contributed by atoms with Gasteiger partial charge in [0.05, 0.1) is 17.9 Å². The quantitative estimate of drug-likeness (QED) is 0.587. The van der Waals surface area contributed by atoms with Crippen molar-refractivity contribution in [2.45, 2.75) is 5.92 Å². The van der Waals surface area contributed by atoms with Gasteiger partial charge < -0.3 is 9.40 Å². The van der Waals surface area contributed by atoms with Crippen molar-refractivity contribution in [1.82, 2.24) is 4.98 Å². The summed E-state index contributed by atoms with van der Waals surface area (Å²) in [6, 6.07) is 10.7. The van der Waals surface area contributed by atoms with E-state index in [9.17, 15) is 10.1 Å². The summed E-state index contributed by atoms with van der Waals surface area (Å²) >= 11 is 0. The lowest BCUT2D eigenvalue weighted by Gasteiger charge is -2.09. The second-order valence-electron chi connectivity index (χ2n) is 4.70. The third kappa shape index (κ3) is 2.37. The predicted molar refractivity (Wildman–Crippen MR) is 75.4 cm³/mol. The molecule has 0 aliphatic rings. The van der Waals surface area contributed by atoms with Crippen molar-refractivity contribution in [2.75, 3.05) is 6.54 Å². The number of nitro groups is 1. The topological polar surface area (TPSA) is 95.9 Å². The zero-order valence-corrected chi connectivity index (χ0v) is 10.9. The molecule has 0 saturated carbocycles. The van der Waals surface area contributed by atoms with Crippen LogP contribution in [0.5, 0.6) is 0 Å². The van der Waals surface area contributed by atoms with E-state index in [-0.39, 0.29) is 11.5 Å². The molecular formula is C15H11N3O3. The maximum absolute atomic E-state index is 11.0. The van der Waals surface area contributed by atoms with Crippen LogP contribution in [0.15, 0.2) is 47.2 Å². The van der Waals surface area contributed by atoms with E-state index in [1.54, 1.807) is 36.5 Å². The predicted octanol–water partition coefficient (Wildman–Crippen LogP) is 3.04. The van der Waals surface area contributed by atoms with Gasteiger partial charge in [0.2, 0.25) is 6.54 Å². The van der Waals surface area contributed by atoms with Crippen molar-refractivity contribution in [3.63, 3.8) is 0 Å².